The molecule has 1 aromatic carbocycles. The summed E-state index contributed by atoms with van der Waals surface area (Å²) in [7, 11) is 0. The van der Waals surface area contributed by atoms with Gasteiger partial charge in [0.1, 0.15) is 11.7 Å². The second-order valence-electron chi connectivity index (χ2n) is 7.19. The molecule has 1 fully saturated rings. The molecule has 0 atom stereocenters. The molecule has 1 amide bonds. The summed E-state index contributed by atoms with van der Waals surface area (Å²) in [6.07, 6.45) is 1.46. The molecule has 24 heavy (non-hydrogen) atoms. The molecular formula is C18H24N2O3S. The van der Waals surface area contributed by atoms with Crippen LogP contribution in [0.5, 0.6) is 5.19 Å². The molecule has 0 unspecified atom stereocenters. The molecule has 0 saturated carbocycles. The van der Waals surface area contributed by atoms with Crippen LogP contribution in [-0.2, 0) is 4.74 Å². The van der Waals surface area contributed by atoms with Crippen LogP contribution in [0.3, 0.4) is 0 Å². The lowest BCUT2D eigenvalue weighted by Crippen LogP contribution is -2.44. The summed E-state index contributed by atoms with van der Waals surface area (Å²) < 4.78 is 12.6. The van der Waals surface area contributed by atoms with Gasteiger partial charge in [0.05, 0.1) is 10.2 Å². The predicted molar refractivity (Wildman–Crippen MR) is 95.8 cm³/mol. The van der Waals surface area contributed by atoms with Crippen molar-refractivity contribution in [1.29, 1.82) is 0 Å². The molecule has 130 valence electrons. The monoisotopic (exact) mass is 348 g/mol. The van der Waals surface area contributed by atoms with Gasteiger partial charge in [-0.2, -0.15) is 0 Å². The quantitative estimate of drug-likeness (QED) is 0.808. The smallest absolute Gasteiger partial charge is 0.410 e. The Bertz CT molecular complexity index is 727. The van der Waals surface area contributed by atoms with E-state index in [4.69, 9.17) is 9.47 Å². The lowest BCUT2D eigenvalue weighted by molar-refractivity contribution is 0.0126. The molecule has 0 N–H and O–H groups in total. The number of carbonyl (C=O) groups is 1. The van der Waals surface area contributed by atoms with Gasteiger partial charge < -0.3 is 14.4 Å². The van der Waals surface area contributed by atoms with E-state index in [0.717, 1.165) is 28.3 Å². The summed E-state index contributed by atoms with van der Waals surface area (Å²) in [5.41, 5.74) is 1.73. The summed E-state index contributed by atoms with van der Waals surface area (Å²) in [6, 6.07) is 6.17. The first-order valence-electron chi connectivity index (χ1n) is 8.32. The van der Waals surface area contributed by atoms with Crippen LogP contribution in [0, 0.1) is 6.92 Å². The summed E-state index contributed by atoms with van der Waals surface area (Å²) in [4.78, 5) is 18.4. The Hall–Kier alpha value is -1.82. The van der Waals surface area contributed by atoms with Crippen molar-refractivity contribution in [3.8, 4) is 5.19 Å². The van der Waals surface area contributed by atoms with Crippen LogP contribution < -0.4 is 4.74 Å². The highest BCUT2D eigenvalue weighted by molar-refractivity contribution is 7.20. The summed E-state index contributed by atoms with van der Waals surface area (Å²) in [5, 5.41) is 0.718. The van der Waals surface area contributed by atoms with Crippen molar-refractivity contribution < 1.29 is 14.3 Å². The van der Waals surface area contributed by atoms with Crippen molar-refractivity contribution in [1.82, 2.24) is 9.88 Å². The first kappa shape index (κ1) is 17.0. The van der Waals surface area contributed by atoms with Gasteiger partial charge in [-0.1, -0.05) is 23.5 Å². The van der Waals surface area contributed by atoms with Crippen LogP contribution in [0.1, 0.15) is 39.2 Å². The van der Waals surface area contributed by atoms with Gasteiger partial charge in [-0.05, 0) is 39.3 Å². The van der Waals surface area contributed by atoms with E-state index < -0.39 is 5.60 Å². The number of hydrogen-bond acceptors (Lipinski definition) is 5. The van der Waals surface area contributed by atoms with Crippen LogP contribution in [0.15, 0.2) is 18.2 Å². The molecule has 3 rings (SSSR count). The number of carbonyl (C=O) groups excluding carboxylic acids is 1. The van der Waals surface area contributed by atoms with E-state index in [1.54, 1.807) is 16.2 Å². The van der Waals surface area contributed by atoms with Crippen molar-refractivity contribution in [3.05, 3.63) is 23.8 Å². The average molecular weight is 348 g/mol. The van der Waals surface area contributed by atoms with Gasteiger partial charge in [-0.3, -0.25) is 0 Å². The zero-order valence-corrected chi connectivity index (χ0v) is 15.5. The second kappa shape index (κ2) is 6.59. The number of thiazole rings is 1. The topological polar surface area (TPSA) is 51.7 Å². The zero-order chi connectivity index (χ0) is 17.3. The van der Waals surface area contributed by atoms with E-state index in [-0.39, 0.29) is 12.2 Å². The Morgan fingerprint density at radius 3 is 2.62 bits per heavy atom. The maximum Gasteiger partial charge on any atom is 0.410 e. The highest BCUT2D eigenvalue weighted by Crippen LogP contribution is 2.31. The number of para-hydroxylation sites is 1. The minimum Gasteiger partial charge on any atom is -0.467 e. The standard InChI is InChI=1S/C18H24N2O3S/c1-12-6-5-7-14-15(12)19-16(24-14)22-13-8-10-20(11-9-13)17(21)23-18(2,3)4/h5-7,13H,8-11H2,1-4H3. The lowest BCUT2D eigenvalue weighted by atomic mass is 10.1. The Morgan fingerprint density at radius 2 is 2.00 bits per heavy atom. The van der Waals surface area contributed by atoms with E-state index in [0.29, 0.717) is 13.1 Å². The number of amides is 1. The molecule has 6 heteroatoms. The van der Waals surface area contributed by atoms with Gasteiger partial charge in [-0.15, -0.1) is 0 Å². The number of aromatic nitrogens is 1. The van der Waals surface area contributed by atoms with Crippen molar-refractivity contribution in [3.63, 3.8) is 0 Å². The Morgan fingerprint density at radius 1 is 1.29 bits per heavy atom. The highest BCUT2D eigenvalue weighted by atomic mass is 32.1. The number of likely N-dealkylation sites (tertiary alicyclic amines) is 1. The van der Waals surface area contributed by atoms with Crippen molar-refractivity contribution in [2.24, 2.45) is 0 Å². The van der Waals surface area contributed by atoms with Crippen molar-refractivity contribution in [2.45, 2.75) is 52.2 Å². The third-order valence-electron chi connectivity index (χ3n) is 3.96. The van der Waals surface area contributed by atoms with Gasteiger partial charge in [-0.25, -0.2) is 9.78 Å². The first-order valence-corrected chi connectivity index (χ1v) is 9.14. The Kier molecular flexibility index (Phi) is 4.67. The van der Waals surface area contributed by atoms with Gasteiger partial charge in [0.25, 0.3) is 5.19 Å². The molecule has 0 spiro atoms. The molecule has 1 aromatic heterocycles. The fraction of sp³-hybridized carbons (Fsp3) is 0.556. The lowest BCUT2D eigenvalue weighted by Gasteiger charge is -2.33. The number of hydrogen-bond donors (Lipinski definition) is 0. The third kappa shape index (κ3) is 3.98. The van der Waals surface area contributed by atoms with Crippen LogP contribution in [0.4, 0.5) is 4.79 Å². The second-order valence-corrected chi connectivity index (χ2v) is 8.18. The predicted octanol–water partition coefficient (Wildman–Crippen LogP) is 4.38. The Balaban J connectivity index is 1.57. The maximum atomic E-state index is 12.1. The van der Waals surface area contributed by atoms with Crippen molar-refractivity contribution >= 4 is 27.6 Å². The molecular weight excluding hydrogens is 324 g/mol. The zero-order valence-electron chi connectivity index (χ0n) is 14.7. The fourth-order valence-corrected chi connectivity index (χ4v) is 3.70. The molecule has 0 aliphatic carbocycles. The molecule has 5 nitrogen and oxygen atoms in total. The minimum absolute atomic E-state index is 0.101. The van der Waals surface area contributed by atoms with Gasteiger partial charge in [0, 0.05) is 25.9 Å². The van der Waals surface area contributed by atoms with E-state index in [9.17, 15) is 4.79 Å². The van der Waals surface area contributed by atoms with Crippen LogP contribution in [0.2, 0.25) is 0 Å². The number of rotatable bonds is 2. The van der Waals surface area contributed by atoms with Gasteiger partial charge in [0.2, 0.25) is 0 Å². The van der Waals surface area contributed by atoms with Gasteiger partial charge in [0.15, 0.2) is 0 Å². The number of aryl methyl sites for hydroxylation is 1. The third-order valence-corrected chi connectivity index (χ3v) is 4.87. The minimum atomic E-state index is -0.455. The van der Waals surface area contributed by atoms with Gasteiger partial charge >= 0.3 is 6.09 Å². The summed E-state index contributed by atoms with van der Waals surface area (Å²) in [5.74, 6) is 0. The number of ether oxygens (including phenoxy) is 2. The number of fused-ring (bicyclic) bond motifs is 1. The van der Waals surface area contributed by atoms with Crippen LogP contribution >= 0.6 is 11.3 Å². The molecule has 0 bridgehead atoms. The van der Waals surface area contributed by atoms with Crippen LogP contribution in [-0.4, -0.2) is 40.8 Å². The molecule has 2 heterocycles. The Labute approximate surface area is 146 Å². The van der Waals surface area contributed by atoms with E-state index in [1.165, 1.54) is 5.56 Å². The number of benzene rings is 1. The van der Waals surface area contributed by atoms with E-state index in [1.807, 2.05) is 26.8 Å². The highest BCUT2D eigenvalue weighted by Gasteiger charge is 2.28. The number of nitrogens with zero attached hydrogens (tertiary/aromatic N) is 2. The molecule has 1 aliphatic heterocycles. The largest absolute Gasteiger partial charge is 0.467 e. The van der Waals surface area contributed by atoms with Crippen LogP contribution in [0.25, 0.3) is 10.2 Å². The van der Waals surface area contributed by atoms with E-state index in [2.05, 4.69) is 24.0 Å². The average Bonchev–Trinajstić information content (AvgIpc) is 2.90. The summed E-state index contributed by atoms with van der Waals surface area (Å²) in [6.45, 7) is 9.03. The normalized spacial score (nSPS) is 16.4. The van der Waals surface area contributed by atoms with Crippen molar-refractivity contribution in [2.75, 3.05) is 13.1 Å². The molecule has 1 aliphatic rings. The molecule has 0 radical (unpaired) electrons. The summed E-state index contributed by atoms with van der Waals surface area (Å²) >= 11 is 1.58. The number of piperidine rings is 1. The SMILES string of the molecule is Cc1cccc2sc(OC3CCN(C(=O)OC(C)(C)C)CC3)nc12. The fourth-order valence-electron chi connectivity index (χ4n) is 2.74. The first-order chi connectivity index (χ1) is 11.3. The molecule has 1 saturated heterocycles. The molecule has 2 aromatic rings. The van der Waals surface area contributed by atoms with E-state index >= 15 is 0 Å². The maximum absolute atomic E-state index is 12.1.